The highest BCUT2D eigenvalue weighted by Gasteiger charge is 2.27. The van der Waals surface area contributed by atoms with Crippen LogP contribution in [0.15, 0.2) is 18.2 Å². The lowest BCUT2D eigenvalue weighted by Crippen LogP contribution is -2.39. The molecule has 0 aromatic heterocycles. The van der Waals surface area contributed by atoms with Gasteiger partial charge in [0.05, 0.1) is 0 Å². The lowest BCUT2D eigenvalue weighted by molar-refractivity contribution is -0.138. The first-order valence-corrected chi connectivity index (χ1v) is 6.51. The van der Waals surface area contributed by atoms with Gasteiger partial charge in [0, 0.05) is 19.5 Å². The number of hydrogen-bond donors (Lipinski definition) is 3. The molecule has 0 spiro atoms. The Labute approximate surface area is 116 Å². The normalized spacial score (nSPS) is 16.1. The molecule has 2 rings (SSSR count). The molecule has 1 aromatic rings. The molecular weight excluding hydrogens is 262 g/mol. The Hall–Kier alpha value is -2.24. The van der Waals surface area contributed by atoms with Gasteiger partial charge in [0.1, 0.15) is 17.1 Å². The first kappa shape index (κ1) is 14.2. The quantitative estimate of drug-likeness (QED) is 0.777. The molecule has 1 amide bonds. The summed E-state index contributed by atoms with van der Waals surface area (Å²) < 4.78 is 0. The maximum absolute atomic E-state index is 12.3. The third-order valence-electron chi connectivity index (χ3n) is 3.60. The number of likely N-dealkylation sites (tertiary alicyclic amines) is 1. The highest BCUT2D eigenvalue weighted by atomic mass is 16.4. The van der Waals surface area contributed by atoms with Gasteiger partial charge >= 0.3 is 5.97 Å². The van der Waals surface area contributed by atoms with Crippen LogP contribution in [0, 0.1) is 5.92 Å². The smallest absolute Gasteiger partial charge is 0.303 e. The maximum Gasteiger partial charge on any atom is 0.303 e. The van der Waals surface area contributed by atoms with Crippen LogP contribution in [-0.4, -0.2) is 45.2 Å². The number of amides is 1. The molecule has 0 radical (unpaired) electrons. The third kappa shape index (κ3) is 3.01. The van der Waals surface area contributed by atoms with Gasteiger partial charge in [-0.3, -0.25) is 9.59 Å². The van der Waals surface area contributed by atoms with Gasteiger partial charge in [-0.1, -0.05) is 6.07 Å². The second-order valence-corrected chi connectivity index (χ2v) is 5.00. The number of rotatable bonds is 3. The van der Waals surface area contributed by atoms with E-state index in [-0.39, 0.29) is 29.4 Å². The average Bonchev–Trinajstić information content (AvgIpc) is 2.38. The summed E-state index contributed by atoms with van der Waals surface area (Å²) in [6.45, 7) is 0.870. The summed E-state index contributed by atoms with van der Waals surface area (Å²) >= 11 is 0. The Morgan fingerprint density at radius 2 is 1.70 bits per heavy atom. The van der Waals surface area contributed by atoms with Crippen LogP contribution in [0.2, 0.25) is 0 Å². The number of carboxylic acid groups (broad SMARTS) is 1. The highest BCUT2D eigenvalue weighted by Crippen LogP contribution is 2.29. The summed E-state index contributed by atoms with van der Waals surface area (Å²) in [5.74, 6) is -1.66. The van der Waals surface area contributed by atoms with Crippen LogP contribution < -0.4 is 0 Å². The largest absolute Gasteiger partial charge is 0.507 e. The number of phenolic OH excluding ortho intramolecular Hbond substituents is 2. The number of benzene rings is 1. The number of aromatic hydroxyl groups is 2. The molecule has 1 aliphatic rings. The second-order valence-electron chi connectivity index (χ2n) is 5.00. The van der Waals surface area contributed by atoms with Crippen LogP contribution >= 0.6 is 0 Å². The molecule has 0 atom stereocenters. The average molecular weight is 279 g/mol. The number of carbonyl (C=O) groups is 2. The summed E-state index contributed by atoms with van der Waals surface area (Å²) in [6.07, 6.45) is 1.35. The summed E-state index contributed by atoms with van der Waals surface area (Å²) in [6, 6.07) is 4.16. The number of carbonyl (C=O) groups excluding carboxylic acids is 1. The summed E-state index contributed by atoms with van der Waals surface area (Å²) in [7, 11) is 0. The van der Waals surface area contributed by atoms with Crippen LogP contribution in [0.25, 0.3) is 0 Å². The molecular formula is C14H17NO5. The lowest BCUT2D eigenvalue weighted by atomic mass is 9.93. The first-order chi connectivity index (χ1) is 9.49. The summed E-state index contributed by atoms with van der Waals surface area (Å²) in [5.41, 5.74) is -0.0933. The Kier molecular flexibility index (Phi) is 4.12. The van der Waals surface area contributed by atoms with E-state index in [1.54, 1.807) is 0 Å². The van der Waals surface area contributed by atoms with Crippen LogP contribution in [0.3, 0.4) is 0 Å². The Morgan fingerprint density at radius 3 is 2.20 bits per heavy atom. The van der Waals surface area contributed by atoms with Gasteiger partial charge in [0.2, 0.25) is 0 Å². The zero-order valence-electron chi connectivity index (χ0n) is 11.0. The molecule has 1 heterocycles. The molecule has 1 aliphatic heterocycles. The van der Waals surface area contributed by atoms with Gasteiger partial charge in [-0.25, -0.2) is 0 Å². The SMILES string of the molecule is O=C(O)CC1CCN(C(=O)c2c(O)cccc2O)CC1. The highest BCUT2D eigenvalue weighted by molar-refractivity contribution is 5.99. The van der Waals surface area contributed by atoms with Crippen LogP contribution in [0.4, 0.5) is 0 Å². The zero-order valence-corrected chi connectivity index (χ0v) is 11.0. The lowest BCUT2D eigenvalue weighted by Gasteiger charge is -2.31. The molecule has 3 N–H and O–H groups in total. The Bertz CT molecular complexity index is 500. The van der Waals surface area contributed by atoms with Crippen molar-refractivity contribution in [1.82, 2.24) is 4.90 Å². The van der Waals surface area contributed by atoms with Gasteiger partial charge in [0.25, 0.3) is 5.91 Å². The van der Waals surface area contributed by atoms with E-state index in [4.69, 9.17) is 5.11 Å². The summed E-state index contributed by atoms with van der Waals surface area (Å²) in [4.78, 5) is 24.4. The van der Waals surface area contributed by atoms with E-state index >= 15 is 0 Å². The minimum atomic E-state index is -0.826. The molecule has 1 fully saturated rings. The second kappa shape index (κ2) is 5.81. The van der Waals surface area contributed by atoms with Crippen molar-refractivity contribution in [1.29, 1.82) is 0 Å². The van der Waals surface area contributed by atoms with Crippen molar-refractivity contribution in [3.63, 3.8) is 0 Å². The molecule has 1 aromatic carbocycles. The van der Waals surface area contributed by atoms with Crippen LogP contribution in [-0.2, 0) is 4.79 Å². The molecule has 20 heavy (non-hydrogen) atoms. The topological polar surface area (TPSA) is 98.1 Å². The zero-order chi connectivity index (χ0) is 14.7. The van der Waals surface area contributed by atoms with Gasteiger partial charge < -0.3 is 20.2 Å². The molecule has 0 unspecified atom stereocenters. The van der Waals surface area contributed by atoms with E-state index in [0.717, 1.165) is 0 Å². The number of phenols is 2. The number of aliphatic carboxylic acids is 1. The maximum atomic E-state index is 12.3. The van der Waals surface area contributed by atoms with Crippen molar-refractivity contribution in [3.8, 4) is 11.5 Å². The van der Waals surface area contributed by atoms with E-state index in [2.05, 4.69) is 0 Å². The van der Waals surface area contributed by atoms with Gasteiger partial charge in [-0.05, 0) is 30.9 Å². The van der Waals surface area contributed by atoms with Crippen molar-refractivity contribution < 1.29 is 24.9 Å². The van der Waals surface area contributed by atoms with Crippen molar-refractivity contribution in [2.45, 2.75) is 19.3 Å². The molecule has 0 bridgehead atoms. The van der Waals surface area contributed by atoms with Crippen LogP contribution in [0.1, 0.15) is 29.6 Å². The van der Waals surface area contributed by atoms with Crippen molar-refractivity contribution >= 4 is 11.9 Å². The van der Waals surface area contributed by atoms with Crippen molar-refractivity contribution in [2.24, 2.45) is 5.92 Å². The van der Waals surface area contributed by atoms with Crippen LogP contribution in [0.5, 0.6) is 11.5 Å². The summed E-state index contributed by atoms with van der Waals surface area (Å²) in [5, 5.41) is 28.1. The molecule has 0 aliphatic carbocycles. The molecule has 108 valence electrons. The standard InChI is InChI=1S/C14H17NO5/c16-10-2-1-3-11(17)13(10)14(20)15-6-4-9(5-7-15)8-12(18)19/h1-3,9,16-17H,4-8H2,(H,18,19). The van der Waals surface area contributed by atoms with Gasteiger partial charge in [-0.2, -0.15) is 0 Å². The minimum Gasteiger partial charge on any atom is -0.507 e. The number of piperidine rings is 1. The van der Waals surface area contributed by atoms with E-state index < -0.39 is 11.9 Å². The fraction of sp³-hybridized carbons (Fsp3) is 0.429. The molecule has 6 heteroatoms. The van der Waals surface area contributed by atoms with Gasteiger partial charge in [0.15, 0.2) is 0 Å². The van der Waals surface area contributed by atoms with E-state index in [0.29, 0.717) is 25.9 Å². The molecule has 6 nitrogen and oxygen atoms in total. The number of hydrogen-bond acceptors (Lipinski definition) is 4. The number of carboxylic acids is 1. The van der Waals surface area contributed by atoms with Crippen molar-refractivity contribution in [3.05, 3.63) is 23.8 Å². The predicted octanol–water partition coefficient (Wildman–Crippen LogP) is 1.42. The fourth-order valence-electron chi connectivity index (χ4n) is 2.49. The molecule has 0 saturated carbocycles. The van der Waals surface area contributed by atoms with E-state index in [1.165, 1.54) is 23.1 Å². The van der Waals surface area contributed by atoms with Crippen molar-refractivity contribution in [2.75, 3.05) is 13.1 Å². The van der Waals surface area contributed by atoms with E-state index in [1.807, 2.05) is 0 Å². The fourth-order valence-corrected chi connectivity index (χ4v) is 2.49. The Morgan fingerprint density at radius 1 is 1.15 bits per heavy atom. The molecule has 1 saturated heterocycles. The first-order valence-electron chi connectivity index (χ1n) is 6.51. The monoisotopic (exact) mass is 279 g/mol. The minimum absolute atomic E-state index is 0.0783. The Balaban J connectivity index is 2.04. The third-order valence-corrected chi connectivity index (χ3v) is 3.60. The predicted molar refractivity (Wildman–Crippen MR) is 70.7 cm³/mol. The van der Waals surface area contributed by atoms with E-state index in [9.17, 15) is 19.8 Å². The number of nitrogens with zero attached hydrogens (tertiary/aromatic N) is 1. The van der Waals surface area contributed by atoms with Gasteiger partial charge in [-0.15, -0.1) is 0 Å².